The van der Waals surface area contributed by atoms with Crippen molar-refractivity contribution in [1.29, 1.82) is 0 Å². The number of hydrogen-bond donors (Lipinski definition) is 1. The fourth-order valence-electron chi connectivity index (χ4n) is 1.54. The first kappa shape index (κ1) is 9.90. The molecule has 1 atom stereocenters. The van der Waals surface area contributed by atoms with Crippen molar-refractivity contribution in [3.8, 4) is 0 Å². The molecule has 12 heavy (non-hydrogen) atoms. The monoisotopic (exact) mass is 187 g/mol. The lowest BCUT2D eigenvalue weighted by molar-refractivity contribution is -0.127. The predicted octanol–water partition coefficient (Wildman–Crippen LogP) is 1.56. The van der Waals surface area contributed by atoms with Gasteiger partial charge in [-0.2, -0.15) is 12.6 Å². The fraction of sp³-hybridized carbons (Fsp3) is 0.889. The highest BCUT2D eigenvalue weighted by Gasteiger charge is 2.27. The number of unbranched alkanes of at least 4 members (excludes halogenated alkanes) is 1. The summed E-state index contributed by atoms with van der Waals surface area (Å²) in [6, 6.07) is 0. The van der Waals surface area contributed by atoms with Gasteiger partial charge in [0.05, 0.1) is 0 Å². The van der Waals surface area contributed by atoms with Gasteiger partial charge < -0.3 is 4.90 Å². The summed E-state index contributed by atoms with van der Waals surface area (Å²) in [6.07, 6.45) is 3.01. The Labute approximate surface area is 79.7 Å². The van der Waals surface area contributed by atoms with Crippen LogP contribution in [0.4, 0.5) is 0 Å². The summed E-state index contributed by atoms with van der Waals surface area (Å²) in [6.45, 7) is 4.03. The van der Waals surface area contributed by atoms with Gasteiger partial charge in [-0.15, -0.1) is 0 Å². The molecular weight excluding hydrogens is 170 g/mol. The second-order valence-electron chi connectivity index (χ2n) is 3.45. The van der Waals surface area contributed by atoms with Crippen LogP contribution < -0.4 is 0 Å². The summed E-state index contributed by atoms with van der Waals surface area (Å²) in [7, 11) is 0. The Morgan fingerprint density at radius 3 is 2.92 bits per heavy atom. The van der Waals surface area contributed by atoms with Crippen LogP contribution in [0.2, 0.25) is 0 Å². The van der Waals surface area contributed by atoms with E-state index in [2.05, 4.69) is 19.6 Å². The molecule has 1 saturated heterocycles. The minimum Gasteiger partial charge on any atom is -0.342 e. The van der Waals surface area contributed by atoms with E-state index in [0.29, 0.717) is 18.2 Å². The molecular formula is C9H17NOS. The molecule has 1 rings (SSSR count). The first-order valence-electron chi connectivity index (χ1n) is 4.66. The van der Waals surface area contributed by atoms with Gasteiger partial charge in [0.25, 0.3) is 0 Å². The molecule has 0 N–H and O–H groups in total. The van der Waals surface area contributed by atoms with E-state index in [-0.39, 0.29) is 0 Å². The lowest BCUT2D eigenvalue weighted by atomic mass is 10.1. The SMILES string of the molecule is CCCCN1CC(CS)CC1=O. The van der Waals surface area contributed by atoms with Crippen molar-refractivity contribution in [3.63, 3.8) is 0 Å². The van der Waals surface area contributed by atoms with Crippen molar-refractivity contribution >= 4 is 18.5 Å². The molecule has 3 heteroatoms. The van der Waals surface area contributed by atoms with Crippen LogP contribution >= 0.6 is 12.6 Å². The van der Waals surface area contributed by atoms with Gasteiger partial charge in [0.15, 0.2) is 0 Å². The zero-order valence-corrected chi connectivity index (χ0v) is 8.52. The highest BCUT2D eigenvalue weighted by atomic mass is 32.1. The average molecular weight is 187 g/mol. The van der Waals surface area contributed by atoms with Crippen LogP contribution in [0, 0.1) is 5.92 Å². The first-order chi connectivity index (χ1) is 5.77. The number of hydrogen-bond acceptors (Lipinski definition) is 2. The van der Waals surface area contributed by atoms with E-state index in [4.69, 9.17) is 0 Å². The second-order valence-corrected chi connectivity index (χ2v) is 3.81. The fourth-order valence-corrected chi connectivity index (χ4v) is 1.79. The number of thiol groups is 1. The Bertz CT molecular complexity index is 161. The quantitative estimate of drug-likeness (QED) is 0.662. The summed E-state index contributed by atoms with van der Waals surface area (Å²) in [5, 5.41) is 0. The molecule has 0 aromatic carbocycles. The maximum Gasteiger partial charge on any atom is 0.222 e. The standard InChI is InChI=1S/C9H17NOS/c1-2-3-4-10-6-8(7-12)5-9(10)11/h8,12H,2-7H2,1H3. The van der Waals surface area contributed by atoms with E-state index in [1.807, 2.05) is 4.90 Å². The molecule has 0 bridgehead atoms. The molecule has 0 radical (unpaired) electrons. The Morgan fingerprint density at radius 2 is 2.42 bits per heavy atom. The van der Waals surface area contributed by atoms with Gasteiger partial charge in [-0.1, -0.05) is 13.3 Å². The average Bonchev–Trinajstić information content (AvgIpc) is 2.43. The Balaban J connectivity index is 2.31. The Kier molecular flexibility index (Phi) is 3.92. The Hall–Kier alpha value is -0.180. The normalized spacial score (nSPS) is 23.7. The predicted molar refractivity (Wildman–Crippen MR) is 53.4 cm³/mol. The lowest BCUT2D eigenvalue weighted by Crippen LogP contribution is -2.26. The molecule has 0 aromatic heterocycles. The number of nitrogens with zero attached hydrogens (tertiary/aromatic N) is 1. The maximum atomic E-state index is 11.3. The number of likely N-dealkylation sites (tertiary alicyclic amines) is 1. The van der Waals surface area contributed by atoms with Crippen LogP contribution in [0.1, 0.15) is 26.2 Å². The van der Waals surface area contributed by atoms with Gasteiger partial charge in [0.2, 0.25) is 5.91 Å². The van der Waals surface area contributed by atoms with Crippen molar-refractivity contribution in [3.05, 3.63) is 0 Å². The third-order valence-corrected chi connectivity index (χ3v) is 2.85. The van der Waals surface area contributed by atoms with Gasteiger partial charge >= 0.3 is 0 Å². The van der Waals surface area contributed by atoms with Crippen molar-refractivity contribution in [2.45, 2.75) is 26.2 Å². The molecule has 1 heterocycles. The van der Waals surface area contributed by atoms with Gasteiger partial charge in [-0.3, -0.25) is 4.79 Å². The third-order valence-electron chi connectivity index (χ3n) is 2.33. The molecule has 0 aliphatic carbocycles. The van der Waals surface area contributed by atoms with E-state index in [9.17, 15) is 4.79 Å². The summed E-state index contributed by atoms with van der Waals surface area (Å²) >= 11 is 4.21. The van der Waals surface area contributed by atoms with Crippen LogP contribution in [0.15, 0.2) is 0 Å². The summed E-state index contributed by atoms with van der Waals surface area (Å²) in [5.41, 5.74) is 0. The number of carbonyl (C=O) groups excluding carboxylic acids is 1. The molecule has 2 nitrogen and oxygen atoms in total. The van der Waals surface area contributed by atoms with E-state index < -0.39 is 0 Å². The number of carbonyl (C=O) groups is 1. The van der Waals surface area contributed by atoms with Crippen LogP contribution in [-0.2, 0) is 4.79 Å². The van der Waals surface area contributed by atoms with Crippen molar-refractivity contribution in [2.75, 3.05) is 18.8 Å². The van der Waals surface area contributed by atoms with Gasteiger partial charge in [-0.25, -0.2) is 0 Å². The first-order valence-corrected chi connectivity index (χ1v) is 5.29. The number of amides is 1. The highest BCUT2D eigenvalue weighted by Crippen LogP contribution is 2.18. The van der Waals surface area contributed by atoms with E-state index in [1.54, 1.807) is 0 Å². The van der Waals surface area contributed by atoms with E-state index in [0.717, 1.165) is 31.7 Å². The minimum absolute atomic E-state index is 0.322. The second kappa shape index (κ2) is 4.75. The summed E-state index contributed by atoms with van der Waals surface area (Å²) in [4.78, 5) is 13.3. The molecule has 1 unspecified atom stereocenters. The maximum absolute atomic E-state index is 11.3. The smallest absolute Gasteiger partial charge is 0.222 e. The van der Waals surface area contributed by atoms with Crippen LogP contribution in [0.5, 0.6) is 0 Å². The molecule has 0 spiro atoms. The molecule has 0 aromatic rings. The van der Waals surface area contributed by atoms with Crippen molar-refractivity contribution in [2.24, 2.45) is 5.92 Å². The van der Waals surface area contributed by atoms with E-state index in [1.165, 1.54) is 0 Å². The molecule has 1 fully saturated rings. The van der Waals surface area contributed by atoms with Gasteiger partial charge in [0, 0.05) is 19.5 Å². The summed E-state index contributed by atoms with van der Waals surface area (Å²) in [5.74, 6) is 1.66. The largest absolute Gasteiger partial charge is 0.342 e. The minimum atomic E-state index is 0.322. The van der Waals surface area contributed by atoms with Crippen molar-refractivity contribution < 1.29 is 4.79 Å². The third kappa shape index (κ3) is 2.41. The van der Waals surface area contributed by atoms with Crippen molar-refractivity contribution in [1.82, 2.24) is 4.90 Å². The Morgan fingerprint density at radius 1 is 1.67 bits per heavy atom. The van der Waals surface area contributed by atoms with E-state index >= 15 is 0 Å². The van der Waals surface area contributed by atoms with Crippen LogP contribution in [-0.4, -0.2) is 29.6 Å². The van der Waals surface area contributed by atoms with Crippen LogP contribution in [0.3, 0.4) is 0 Å². The van der Waals surface area contributed by atoms with Crippen LogP contribution in [0.25, 0.3) is 0 Å². The zero-order valence-electron chi connectivity index (χ0n) is 7.62. The van der Waals surface area contributed by atoms with Gasteiger partial charge in [0.1, 0.15) is 0 Å². The molecule has 1 aliphatic rings. The van der Waals surface area contributed by atoms with Gasteiger partial charge in [-0.05, 0) is 18.1 Å². The summed E-state index contributed by atoms with van der Waals surface area (Å²) < 4.78 is 0. The molecule has 1 aliphatic heterocycles. The highest BCUT2D eigenvalue weighted by molar-refractivity contribution is 7.80. The number of rotatable bonds is 4. The topological polar surface area (TPSA) is 20.3 Å². The zero-order chi connectivity index (χ0) is 8.97. The molecule has 0 saturated carbocycles. The lowest BCUT2D eigenvalue weighted by Gasteiger charge is -2.15. The molecule has 70 valence electrons. The molecule has 1 amide bonds.